The number of aryl methyl sites for hydroxylation is 1. The first-order chi connectivity index (χ1) is 15.9. The second-order valence-electron chi connectivity index (χ2n) is 7.19. The number of sulfone groups is 1. The molecule has 0 radical (unpaired) electrons. The summed E-state index contributed by atoms with van der Waals surface area (Å²) in [6.45, 7) is 5.96. The van der Waals surface area contributed by atoms with Gasteiger partial charge in [-0.05, 0) is 31.2 Å². The third-order valence-electron chi connectivity index (χ3n) is 4.68. The molecule has 4 aromatic rings. The molecule has 1 amide bonds. The lowest BCUT2D eigenvalue weighted by Gasteiger charge is -2.08. The van der Waals surface area contributed by atoms with Gasteiger partial charge in [0.05, 0.1) is 20.9 Å². The molecule has 1 N–H and O–H groups in total. The molecule has 0 bridgehead atoms. The van der Waals surface area contributed by atoms with Crippen LogP contribution in [0.15, 0.2) is 71.2 Å². The molecular weight excluding hydrogens is 478 g/mol. The van der Waals surface area contributed by atoms with Gasteiger partial charge in [-0.2, -0.15) is 0 Å². The number of rotatable bonds is 9. The Labute approximate surface area is 199 Å². The number of thiazole rings is 1. The largest absolute Gasteiger partial charge is 0.301 e. The maximum atomic E-state index is 12.8. The molecular formula is C22H21N5O3S3. The van der Waals surface area contributed by atoms with Crippen LogP contribution in [0.1, 0.15) is 11.4 Å². The van der Waals surface area contributed by atoms with Gasteiger partial charge >= 0.3 is 0 Å². The van der Waals surface area contributed by atoms with Crippen molar-refractivity contribution in [2.75, 3.05) is 11.1 Å². The number of hydrogen-bond acceptors (Lipinski definition) is 8. The number of amides is 1. The Hall–Kier alpha value is -3.02. The minimum atomic E-state index is -3.60. The number of nitrogens with one attached hydrogen (secondary N) is 1. The van der Waals surface area contributed by atoms with Crippen LogP contribution < -0.4 is 5.32 Å². The molecule has 0 aliphatic heterocycles. The van der Waals surface area contributed by atoms with E-state index < -0.39 is 9.84 Å². The van der Waals surface area contributed by atoms with Crippen molar-refractivity contribution in [2.24, 2.45) is 0 Å². The molecule has 0 aliphatic rings. The van der Waals surface area contributed by atoms with E-state index in [4.69, 9.17) is 0 Å². The fourth-order valence-corrected chi connectivity index (χ4v) is 5.97. The maximum absolute atomic E-state index is 12.8. The van der Waals surface area contributed by atoms with Crippen molar-refractivity contribution >= 4 is 54.2 Å². The van der Waals surface area contributed by atoms with E-state index in [-0.39, 0.29) is 22.3 Å². The zero-order valence-electron chi connectivity index (χ0n) is 17.8. The summed E-state index contributed by atoms with van der Waals surface area (Å²) in [5.41, 5.74) is 1.81. The van der Waals surface area contributed by atoms with Gasteiger partial charge in [-0.1, -0.05) is 59.0 Å². The number of aromatic nitrogens is 4. The smallest absolute Gasteiger partial charge is 0.236 e. The summed E-state index contributed by atoms with van der Waals surface area (Å²) in [5.74, 6) is -0.156. The zero-order valence-corrected chi connectivity index (χ0v) is 20.2. The van der Waals surface area contributed by atoms with Crippen molar-refractivity contribution in [1.29, 1.82) is 0 Å². The normalized spacial score (nSPS) is 11.5. The summed E-state index contributed by atoms with van der Waals surface area (Å²) in [7, 11) is -3.60. The Morgan fingerprint density at radius 3 is 2.67 bits per heavy atom. The Bertz CT molecular complexity index is 1380. The van der Waals surface area contributed by atoms with Gasteiger partial charge < -0.3 is 9.88 Å². The van der Waals surface area contributed by atoms with Crippen LogP contribution in [0.3, 0.4) is 0 Å². The van der Waals surface area contributed by atoms with Crippen molar-refractivity contribution in [1.82, 2.24) is 19.7 Å². The molecule has 170 valence electrons. The standard InChI is InChI=1S/C22H21N5O3S3/c1-3-12-27-19(14-33(29,30)16-10-8-15(2)9-11-16)25-26-22(27)31-13-20(28)24-21-23-17-6-4-5-7-18(17)32-21/h3-11H,1,12-14H2,2H3,(H,23,24,28). The fraction of sp³-hybridized carbons (Fsp3) is 0.182. The number of carbonyl (C=O) groups is 1. The van der Waals surface area contributed by atoms with Crippen LogP contribution in [0.4, 0.5) is 5.13 Å². The van der Waals surface area contributed by atoms with E-state index in [0.29, 0.717) is 22.7 Å². The predicted molar refractivity (Wildman–Crippen MR) is 131 cm³/mol. The van der Waals surface area contributed by atoms with Gasteiger partial charge in [0.15, 0.2) is 20.1 Å². The Morgan fingerprint density at radius 1 is 1.18 bits per heavy atom. The van der Waals surface area contributed by atoms with Gasteiger partial charge in [0.25, 0.3) is 0 Å². The average molecular weight is 500 g/mol. The van der Waals surface area contributed by atoms with Crippen molar-refractivity contribution < 1.29 is 13.2 Å². The van der Waals surface area contributed by atoms with Crippen LogP contribution in [-0.2, 0) is 26.9 Å². The number of para-hydroxylation sites is 1. The molecule has 2 aromatic carbocycles. The highest BCUT2D eigenvalue weighted by atomic mass is 32.2. The van der Waals surface area contributed by atoms with E-state index in [2.05, 4.69) is 27.1 Å². The Morgan fingerprint density at radius 2 is 1.94 bits per heavy atom. The number of benzene rings is 2. The monoisotopic (exact) mass is 499 g/mol. The van der Waals surface area contributed by atoms with Gasteiger partial charge in [-0.3, -0.25) is 4.79 Å². The van der Waals surface area contributed by atoms with E-state index in [9.17, 15) is 13.2 Å². The van der Waals surface area contributed by atoms with Crippen LogP contribution in [0.5, 0.6) is 0 Å². The molecule has 0 saturated carbocycles. The third-order valence-corrected chi connectivity index (χ3v) is 8.22. The van der Waals surface area contributed by atoms with Gasteiger partial charge in [-0.25, -0.2) is 13.4 Å². The zero-order chi connectivity index (χ0) is 23.4. The van der Waals surface area contributed by atoms with Gasteiger partial charge in [0.1, 0.15) is 11.6 Å². The van der Waals surface area contributed by atoms with E-state index in [0.717, 1.165) is 15.8 Å². The predicted octanol–water partition coefficient (Wildman–Crippen LogP) is 4.09. The van der Waals surface area contributed by atoms with Crippen molar-refractivity contribution in [3.8, 4) is 0 Å². The first-order valence-electron chi connectivity index (χ1n) is 9.96. The minimum absolute atomic E-state index is 0.0793. The van der Waals surface area contributed by atoms with E-state index >= 15 is 0 Å². The summed E-state index contributed by atoms with van der Waals surface area (Å²) in [5, 5.41) is 12.0. The second-order valence-corrected chi connectivity index (χ2v) is 11.2. The lowest BCUT2D eigenvalue weighted by molar-refractivity contribution is -0.113. The molecule has 2 aromatic heterocycles. The van der Waals surface area contributed by atoms with Crippen molar-refractivity contribution in [3.63, 3.8) is 0 Å². The number of allylic oxidation sites excluding steroid dienone is 1. The Balaban J connectivity index is 1.45. The first-order valence-corrected chi connectivity index (χ1v) is 13.4. The van der Waals surface area contributed by atoms with Crippen molar-refractivity contribution in [2.45, 2.75) is 29.3 Å². The Kier molecular flexibility index (Phi) is 6.91. The number of anilines is 1. The topological polar surface area (TPSA) is 107 Å². The van der Waals surface area contributed by atoms with Gasteiger partial charge in [-0.15, -0.1) is 16.8 Å². The lowest BCUT2D eigenvalue weighted by Crippen LogP contribution is -2.15. The van der Waals surface area contributed by atoms with Gasteiger partial charge in [0, 0.05) is 6.54 Å². The lowest BCUT2D eigenvalue weighted by atomic mass is 10.2. The summed E-state index contributed by atoms with van der Waals surface area (Å²) in [6.07, 6.45) is 1.64. The van der Waals surface area contributed by atoms with Crippen LogP contribution in [0.25, 0.3) is 10.2 Å². The molecule has 0 unspecified atom stereocenters. The molecule has 0 saturated heterocycles. The molecule has 11 heteroatoms. The van der Waals surface area contributed by atoms with Crippen LogP contribution >= 0.6 is 23.1 Å². The van der Waals surface area contributed by atoms with Crippen LogP contribution in [-0.4, -0.2) is 39.8 Å². The first kappa shape index (κ1) is 23.1. The number of nitrogens with zero attached hydrogens (tertiary/aromatic N) is 4. The third kappa shape index (κ3) is 5.49. The summed E-state index contributed by atoms with van der Waals surface area (Å²) < 4.78 is 28.3. The fourth-order valence-electron chi connectivity index (χ4n) is 3.06. The molecule has 0 spiro atoms. The van der Waals surface area contributed by atoms with Gasteiger partial charge in [0.2, 0.25) is 5.91 Å². The maximum Gasteiger partial charge on any atom is 0.236 e. The second kappa shape index (κ2) is 9.86. The highest BCUT2D eigenvalue weighted by molar-refractivity contribution is 7.99. The van der Waals surface area contributed by atoms with E-state index in [1.165, 1.54) is 23.1 Å². The minimum Gasteiger partial charge on any atom is -0.301 e. The average Bonchev–Trinajstić information content (AvgIpc) is 3.36. The van der Waals surface area contributed by atoms with Crippen LogP contribution in [0.2, 0.25) is 0 Å². The molecule has 33 heavy (non-hydrogen) atoms. The molecule has 0 aliphatic carbocycles. The number of thioether (sulfide) groups is 1. The van der Waals surface area contributed by atoms with E-state index in [1.807, 2.05) is 31.2 Å². The SMILES string of the molecule is C=CCn1c(CS(=O)(=O)c2ccc(C)cc2)nnc1SCC(=O)Nc1nc2ccccc2s1. The molecule has 8 nitrogen and oxygen atoms in total. The van der Waals surface area contributed by atoms with Crippen molar-refractivity contribution in [3.05, 3.63) is 72.6 Å². The molecule has 0 fully saturated rings. The van der Waals surface area contributed by atoms with Crippen LogP contribution in [0, 0.1) is 6.92 Å². The number of fused-ring (bicyclic) bond motifs is 1. The summed E-state index contributed by atoms with van der Waals surface area (Å²) in [4.78, 5) is 17.1. The number of carbonyl (C=O) groups excluding carboxylic acids is 1. The number of hydrogen-bond donors (Lipinski definition) is 1. The molecule has 2 heterocycles. The van der Waals surface area contributed by atoms with E-state index in [1.54, 1.807) is 34.9 Å². The molecule has 4 rings (SSSR count). The summed E-state index contributed by atoms with van der Waals surface area (Å²) in [6, 6.07) is 14.3. The quantitative estimate of drug-likeness (QED) is 0.273. The summed E-state index contributed by atoms with van der Waals surface area (Å²) >= 11 is 2.58. The highest BCUT2D eigenvalue weighted by Gasteiger charge is 2.22. The molecule has 0 atom stereocenters. The highest BCUT2D eigenvalue weighted by Crippen LogP contribution is 2.26.